The van der Waals surface area contributed by atoms with E-state index in [2.05, 4.69) is 0 Å². The van der Waals surface area contributed by atoms with E-state index in [-0.39, 0.29) is 11.9 Å². The molecule has 0 heterocycles. The standard InChI is InChI=1S/C15H21NO4/c1-10(16(4)11(2)17)9-13-7-6-8-14(19-5)15(13)20-12(3)18/h6-8,10H,9H2,1-5H3. The molecule has 0 saturated carbocycles. The van der Waals surface area contributed by atoms with Crippen molar-refractivity contribution in [3.8, 4) is 11.5 Å². The molecule has 0 aromatic heterocycles. The molecule has 5 nitrogen and oxygen atoms in total. The van der Waals surface area contributed by atoms with Crippen molar-refractivity contribution >= 4 is 11.9 Å². The van der Waals surface area contributed by atoms with Crippen LogP contribution in [0.1, 0.15) is 26.3 Å². The third-order valence-corrected chi connectivity index (χ3v) is 3.20. The number of nitrogens with zero attached hydrogens (tertiary/aromatic N) is 1. The Morgan fingerprint density at radius 1 is 1.30 bits per heavy atom. The Labute approximate surface area is 119 Å². The minimum atomic E-state index is -0.400. The summed E-state index contributed by atoms with van der Waals surface area (Å²) in [4.78, 5) is 24.2. The smallest absolute Gasteiger partial charge is 0.308 e. The van der Waals surface area contributed by atoms with Gasteiger partial charge in [-0.15, -0.1) is 0 Å². The first-order valence-electron chi connectivity index (χ1n) is 6.44. The summed E-state index contributed by atoms with van der Waals surface area (Å²) in [5.74, 6) is 0.527. The molecule has 0 radical (unpaired) electrons. The average Bonchev–Trinajstić information content (AvgIpc) is 2.38. The molecule has 1 aromatic rings. The molecule has 0 aliphatic carbocycles. The molecule has 0 bridgehead atoms. The van der Waals surface area contributed by atoms with Gasteiger partial charge in [0, 0.05) is 32.5 Å². The monoisotopic (exact) mass is 279 g/mol. The van der Waals surface area contributed by atoms with Gasteiger partial charge in [-0.3, -0.25) is 9.59 Å². The predicted octanol–water partition coefficient (Wildman–Crippen LogP) is 2.03. The fraction of sp³-hybridized carbons (Fsp3) is 0.467. The van der Waals surface area contributed by atoms with Crippen LogP contribution in [0.5, 0.6) is 11.5 Å². The summed E-state index contributed by atoms with van der Waals surface area (Å²) >= 11 is 0. The number of amides is 1. The zero-order chi connectivity index (χ0) is 15.3. The Morgan fingerprint density at radius 2 is 1.95 bits per heavy atom. The van der Waals surface area contributed by atoms with Crippen LogP contribution in [-0.4, -0.2) is 37.0 Å². The van der Waals surface area contributed by atoms with Gasteiger partial charge < -0.3 is 14.4 Å². The van der Waals surface area contributed by atoms with Gasteiger partial charge in [0.1, 0.15) is 0 Å². The molecule has 1 amide bonds. The summed E-state index contributed by atoms with van der Waals surface area (Å²) in [6.07, 6.45) is 0.579. The third kappa shape index (κ3) is 3.98. The number of hydrogen-bond donors (Lipinski definition) is 0. The van der Waals surface area contributed by atoms with Crippen molar-refractivity contribution < 1.29 is 19.1 Å². The van der Waals surface area contributed by atoms with Gasteiger partial charge in [-0.2, -0.15) is 0 Å². The maximum absolute atomic E-state index is 11.4. The zero-order valence-electron chi connectivity index (χ0n) is 12.6. The number of likely N-dealkylation sites (N-methyl/N-ethyl adjacent to an activating group) is 1. The molecule has 0 N–H and O–H groups in total. The second-order valence-corrected chi connectivity index (χ2v) is 4.73. The Morgan fingerprint density at radius 3 is 2.45 bits per heavy atom. The molecule has 1 unspecified atom stereocenters. The molecule has 1 rings (SSSR count). The van der Waals surface area contributed by atoms with Gasteiger partial charge in [0.05, 0.1) is 7.11 Å². The summed E-state index contributed by atoms with van der Waals surface area (Å²) < 4.78 is 10.5. The fourth-order valence-electron chi connectivity index (χ4n) is 1.91. The molecule has 5 heteroatoms. The summed E-state index contributed by atoms with van der Waals surface area (Å²) in [5, 5.41) is 0. The van der Waals surface area contributed by atoms with Gasteiger partial charge in [-0.1, -0.05) is 12.1 Å². The maximum Gasteiger partial charge on any atom is 0.308 e. The van der Waals surface area contributed by atoms with Crippen molar-refractivity contribution in [1.29, 1.82) is 0 Å². The van der Waals surface area contributed by atoms with Gasteiger partial charge >= 0.3 is 5.97 Å². The fourth-order valence-corrected chi connectivity index (χ4v) is 1.91. The highest BCUT2D eigenvalue weighted by atomic mass is 16.6. The Hall–Kier alpha value is -2.04. The normalized spacial score (nSPS) is 11.7. The van der Waals surface area contributed by atoms with Gasteiger partial charge in [-0.05, 0) is 19.4 Å². The molecular weight excluding hydrogens is 258 g/mol. The van der Waals surface area contributed by atoms with Crippen LogP contribution in [0.3, 0.4) is 0 Å². The first kappa shape index (κ1) is 16.0. The molecule has 20 heavy (non-hydrogen) atoms. The molecule has 0 aliphatic heterocycles. The van der Waals surface area contributed by atoms with Crippen LogP contribution in [0, 0.1) is 0 Å². The molecule has 0 aliphatic rings. The summed E-state index contributed by atoms with van der Waals surface area (Å²) in [7, 11) is 3.27. The first-order valence-corrected chi connectivity index (χ1v) is 6.44. The molecule has 110 valence electrons. The van der Waals surface area contributed by atoms with Crippen molar-refractivity contribution in [3.05, 3.63) is 23.8 Å². The number of methoxy groups -OCH3 is 1. The van der Waals surface area contributed by atoms with Crippen LogP contribution in [0.15, 0.2) is 18.2 Å². The number of rotatable bonds is 5. The number of para-hydroxylation sites is 1. The largest absolute Gasteiger partial charge is 0.493 e. The average molecular weight is 279 g/mol. The molecular formula is C15H21NO4. The second kappa shape index (κ2) is 6.93. The maximum atomic E-state index is 11.4. The molecule has 0 saturated heterocycles. The van der Waals surface area contributed by atoms with Crippen molar-refractivity contribution in [3.63, 3.8) is 0 Å². The Balaban J connectivity index is 3.04. The van der Waals surface area contributed by atoms with Gasteiger partial charge in [0.25, 0.3) is 0 Å². The van der Waals surface area contributed by atoms with Crippen LogP contribution in [0.25, 0.3) is 0 Å². The molecule has 0 spiro atoms. The highest BCUT2D eigenvalue weighted by molar-refractivity contribution is 5.73. The van der Waals surface area contributed by atoms with Crippen LogP contribution in [0.2, 0.25) is 0 Å². The van der Waals surface area contributed by atoms with Gasteiger partial charge in [-0.25, -0.2) is 0 Å². The number of carbonyl (C=O) groups excluding carboxylic acids is 2. The van der Waals surface area contributed by atoms with E-state index in [1.807, 2.05) is 19.1 Å². The minimum absolute atomic E-state index is 0.00516. The highest BCUT2D eigenvalue weighted by Gasteiger charge is 2.18. The number of benzene rings is 1. The van der Waals surface area contributed by atoms with Crippen molar-refractivity contribution in [2.45, 2.75) is 33.2 Å². The highest BCUT2D eigenvalue weighted by Crippen LogP contribution is 2.32. The number of esters is 1. The number of ether oxygens (including phenoxy) is 2. The lowest BCUT2D eigenvalue weighted by Crippen LogP contribution is -2.34. The number of carbonyl (C=O) groups is 2. The lowest BCUT2D eigenvalue weighted by molar-refractivity contribution is -0.132. The number of hydrogen-bond acceptors (Lipinski definition) is 4. The first-order chi connectivity index (χ1) is 9.36. The topological polar surface area (TPSA) is 55.8 Å². The van der Waals surface area contributed by atoms with E-state index in [9.17, 15) is 9.59 Å². The van der Waals surface area contributed by atoms with E-state index in [1.165, 1.54) is 21.0 Å². The summed E-state index contributed by atoms with van der Waals surface area (Å²) in [6, 6.07) is 5.43. The Kier molecular flexibility index (Phi) is 5.55. The minimum Gasteiger partial charge on any atom is -0.493 e. The lowest BCUT2D eigenvalue weighted by Gasteiger charge is -2.24. The van der Waals surface area contributed by atoms with Crippen molar-refractivity contribution in [2.24, 2.45) is 0 Å². The Bertz CT molecular complexity index is 499. The van der Waals surface area contributed by atoms with Gasteiger partial charge in [0.15, 0.2) is 11.5 Å². The lowest BCUT2D eigenvalue weighted by atomic mass is 10.0. The van der Waals surface area contributed by atoms with E-state index in [0.717, 1.165) is 5.56 Å². The van der Waals surface area contributed by atoms with E-state index < -0.39 is 5.97 Å². The van der Waals surface area contributed by atoms with Crippen LogP contribution < -0.4 is 9.47 Å². The SMILES string of the molecule is COc1cccc(CC(C)N(C)C(C)=O)c1OC(C)=O. The van der Waals surface area contributed by atoms with Crippen LogP contribution >= 0.6 is 0 Å². The quantitative estimate of drug-likeness (QED) is 0.611. The van der Waals surface area contributed by atoms with Crippen molar-refractivity contribution in [1.82, 2.24) is 4.90 Å². The molecule has 1 atom stereocenters. The van der Waals surface area contributed by atoms with E-state index in [4.69, 9.17) is 9.47 Å². The van der Waals surface area contributed by atoms with Crippen LogP contribution in [-0.2, 0) is 16.0 Å². The summed E-state index contributed by atoms with van der Waals surface area (Å²) in [5.41, 5.74) is 0.833. The van der Waals surface area contributed by atoms with Crippen LogP contribution in [0.4, 0.5) is 0 Å². The third-order valence-electron chi connectivity index (χ3n) is 3.20. The second-order valence-electron chi connectivity index (χ2n) is 4.73. The van der Waals surface area contributed by atoms with E-state index in [1.54, 1.807) is 18.0 Å². The van der Waals surface area contributed by atoms with E-state index >= 15 is 0 Å². The molecule has 1 aromatic carbocycles. The molecule has 0 fully saturated rings. The zero-order valence-corrected chi connectivity index (χ0v) is 12.6. The van der Waals surface area contributed by atoms with Gasteiger partial charge in [0.2, 0.25) is 5.91 Å². The predicted molar refractivity (Wildman–Crippen MR) is 75.9 cm³/mol. The van der Waals surface area contributed by atoms with E-state index in [0.29, 0.717) is 17.9 Å². The van der Waals surface area contributed by atoms with Crippen molar-refractivity contribution in [2.75, 3.05) is 14.2 Å². The summed E-state index contributed by atoms with van der Waals surface area (Å²) in [6.45, 7) is 4.81.